The number of halogens is 2. The van der Waals surface area contributed by atoms with Gasteiger partial charge in [-0.05, 0) is 24.3 Å². The number of phenolic OH excluding ortho intramolecular Hbond substituents is 1. The Morgan fingerprint density at radius 2 is 2.19 bits per heavy atom. The van der Waals surface area contributed by atoms with Crippen LogP contribution in [0.15, 0.2) is 36.7 Å². The number of aromatic hydroxyl groups is 1. The van der Waals surface area contributed by atoms with Crippen LogP contribution in [0.2, 0.25) is 5.02 Å². The van der Waals surface area contributed by atoms with Gasteiger partial charge in [0.2, 0.25) is 0 Å². The van der Waals surface area contributed by atoms with E-state index in [4.69, 9.17) is 16.3 Å². The second-order valence-corrected chi connectivity index (χ2v) is 4.72. The van der Waals surface area contributed by atoms with Crippen LogP contribution in [-0.2, 0) is 0 Å². The molecule has 0 unspecified atom stereocenters. The lowest BCUT2D eigenvalue weighted by atomic mass is 10.1. The first-order chi connectivity index (χ1) is 9.66. The fourth-order valence-electron chi connectivity index (χ4n) is 2.08. The standard InChI is InChI=1S/C14H11ClN2O3.BrH/c15-10-7-9(1-2-12(10)18)14(19)17-5-6-20-13-8-16-4-3-11(13)17;/h1-4,7-8,18H,5-6H2;1H. The highest BCUT2D eigenvalue weighted by Gasteiger charge is 2.25. The van der Waals surface area contributed by atoms with Gasteiger partial charge in [-0.2, -0.15) is 0 Å². The van der Waals surface area contributed by atoms with Crippen LogP contribution < -0.4 is 9.64 Å². The summed E-state index contributed by atoms with van der Waals surface area (Å²) >= 11 is 5.84. The summed E-state index contributed by atoms with van der Waals surface area (Å²) in [6.45, 7) is 0.866. The zero-order valence-corrected chi connectivity index (χ0v) is 13.3. The van der Waals surface area contributed by atoms with Crippen molar-refractivity contribution in [2.75, 3.05) is 18.1 Å². The first-order valence-corrected chi connectivity index (χ1v) is 6.42. The predicted octanol–water partition coefficient (Wildman–Crippen LogP) is 3.06. The number of hydrogen-bond donors (Lipinski definition) is 1. The number of carbonyl (C=O) groups excluding carboxylic acids is 1. The number of amides is 1. The van der Waals surface area contributed by atoms with Crippen molar-refractivity contribution in [2.45, 2.75) is 0 Å². The molecular formula is C14H12BrClN2O3. The number of pyridine rings is 1. The highest BCUT2D eigenvalue weighted by Crippen LogP contribution is 2.32. The lowest BCUT2D eigenvalue weighted by Crippen LogP contribution is -2.38. The maximum absolute atomic E-state index is 12.5. The first-order valence-electron chi connectivity index (χ1n) is 6.04. The summed E-state index contributed by atoms with van der Waals surface area (Å²) in [6.07, 6.45) is 3.19. The van der Waals surface area contributed by atoms with Crippen LogP contribution in [-0.4, -0.2) is 29.1 Å². The third-order valence-electron chi connectivity index (χ3n) is 3.07. The van der Waals surface area contributed by atoms with E-state index in [0.29, 0.717) is 30.2 Å². The average Bonchev–Trinajstić information content (AvgIpc) is 2.49. The Labute approximate surface area is 136 Å². The van der Waals surface area contributed by atoms with Gasteiger partial charge in [-0.1, -0.05) is 11.6 Å². The molecular weight excluding hydrogens is 360 g/mol. The molecule has 1 aromatic carbocycles. The summed E-state index contributed by atoms with van der Waals surface area (Å²) in [5, 5.41) is 9.56. The number of phenols is 1. The Morgan fingerprint density at radius 3 is 2.95 bits per heavy atom. The zero-order valence-electron chi connectivity index (χ0n) is 10.8. The smallest absolute Gasteiger partial charge is 0.258 e. The maximum atomic E-state index is 12.5. The lowest BCUT2D eigenvalue weighted by molar-refractivity contribution is 0.0976. The summed E-state index contributed by atoms with van der Waals surface area (Å²) in [6, 6.07) is 6.13. The molecule has 0 radical (unpaired) electrons. The Morgan fingerprint density at radius 1 is 1.38 bits per heavy atom. The molecule has 1 aliphatic rings. The number of aromatic nitrogens is 1. The Bertz CT molecular complexity index is 681. The molecule has 2 heterocycles. The highest BCUT2D eigenvalue weighted by molar-refractivity contribution is 8.93. The zero-order chi connectivity index (χ0) is 14.1. The summed E-state index contributed by atoms with van der Waals surface area (Å²) < 4.78 is 5.46. The largest absolute Gasteiger partial charge is 0.506 e. The van der Waals surface area contributed by atoms with Crippen LogP contribution in [0.1, 0.15) is 10.4 Å². The Balaban J connectivity index is 0.00000161. The molecule has 0 atom stereocenters. The number of nitrogens with zero attached hydrogens (tertiary/aromatic N) is 2. The van der Waals surface area contributed by atoms with Crippen molar-refractivity contribution >= 4 is 40.2 Å². The minimum absolute atomic E-state index is 0. The van der Waals surface area contributed by atoms with Crippen LogP contribution in [0.25, 0.3) is 0 Å². The van der Waals surface area contributed by atoms with Gasteiger partial charge in [0.25, 0.3) is 5.91 Å². The number of fused-ring (bicyclic) bond motifs is 1. The van der Waals surface area contributed by atoms with E-state index in [9.17, 15) is 9.90 Å². The molecule has 5 nitrogen and oxygen atoms in total. The second kappa shape index (κ2) is 6.32. The molecule has 3 rings (SSSR count). The number of carbonyl (C=O) groups is 1. The van der Waals surface area contributed by atoms with E-state index in [1.54, 1.807) is 29.4 Å². The minimum atomic E-state index is -0.192. The second-order valence-electron chi connectivity index (χ2n) is 4.31. The molecule has 0 fully saturated rings. The number of benzene rings is 1. The Kier molecular flexibility index (Phi) is 4.69. The summed E-state index contributed by atoms with van der Waals surface area (Å²) in [7, 11) is 0. The van der Waals surface area contributed by atoms with E-state index in [2.05, 4.69) is 4.98 Å². The van der Waals surface area contributed by atoms with Gasteiger partial charge in [0.1, 0.15) is 12.4 Å². The van der Waals surface area contributed by atoms with E-state index in [1.165, 1.54) is 12.1 Å². The van der Waals surface area contributed by atoms with Gasteiger partial charge >= 0.3 is 0 Å². The molecule has 1 amide bonds. The minimum Gasteiger partial charge on any atom is -0.506 e. The third kappa shape index (κ3) is 2.96. The van der Waals surface area contributed by atoms with Crippen molar-refractivity contribution in [3.8, 4) is 11.5 Å². The van der Waals surface area contributed by atoms with Gasteiger partial charge in [-0.25, -0.2) is 0 Å². The fourth-order valence-corrected chi connectivity index (χ4v) is 2.26. The van der Waals surface area contributed by atoms with Crippen molar-refractivity contribution in [3.63, 3.8) is 0 Å². The van der Waals surface area contributed by atoms with Crippen molar-refractivity contribution in [1.82, 2.24) is 4.98 Å². The predicted molar refractivity (Wildman–Crippen MR) is 84.8 cm³/mol. The molecule has 0 spiro atoms. The van der Waals surface area contributed by atoms with Gasteiger partial charge < -0.3 is 14.7 Å². The molecule has 1 aliphatic heterocycles. The molecule has 0 aliphatic carbocycles. The van der Waals surface area contributed by atoms with E-state index in [-0.39, 0.29) is 33.7 Å². The molecule has 7 heteroatoms. The van der Waals surface area contributed by atoms with Crippen molar-refractivity contribution in [2.24, 2.45) is 0 Å². The van der Waals surface area contributed by atoms with Crippen LogP contribution in [0.3, 0.4) is 0 Å². The molecule has 1 N–H and O–H groups in total. The molecule has 0 saturated heterocycles. The van der Waals surface area contributed by atoms with Gasteiger partial charge in [0.05, 0.1) is 23.5 Å². The molecule has 0 saturated carbocycles. The van der Waals surface area contributed by atoms with Crippen molar-refractivity contribution < 1.29 is 14.6 Å². The Hall–Kier alpha value is -1.79. The fraction of sp³-hybridized carbons (Fsp3) is 0.143. The average molecular weight is 372 g/mol. The SMILES string of the molecule is Br.O=C(c1ccc(O)c(Cl)c1)N1CCOc2cnccc21. The van der Waals surface area contributed by atoms with Crippen molar-refractivity contribution in [3.05, 3.63) is 47.2 Å². The van der Waals surface area contributed by atoms with Crippen molar-refractivity contribution in [1.29, 1.82) is 0 Å². The van der Waals surface area contributed by atoms with Crippen LogP contribution in [0, 0.1) is 0 Å². The third-order valence-corrected chi connectivity index (χ3v) is 3.37. The maximum Gasteiger partial charge on any atom is 0.258 e. The topological polar surface area (TPSA) is 62.7 Å². The summed E-state index contributed by atoms with van der Waals surface area (Å²) in [4.78, 5) is 18.1. The van der Waals surface area contributed by atoms with E-state index in [1.807, 2.05) is 0 Å². The van der Waals surface area contributed by atoms with E-state index < -0.39 is 0 Å². The summed E-state index contributed by atoms with van der Waals surface area (Å²) in [5.41, 5.74) is 1.10. The number of hydrogen-bond acceptors (Lipinski definition) is 4. The monoisotopic (exact) mass is 370 g/mol. The normalized spacial score (nSPS) is 12.9. The highest BCUT2D eigenvalue weighted by atomic mass is 79.9. The number of anilines is 1. The lowest BCUT2D eigenvalue weighted by Gasteiger charge is -2.29. The van der Waals surface area contributed by atoms with Gasteiger partial charge in [0.15, 0.2) is 5.75 Å². The summed E-state index contributed by atoms with van der Waals surface area (Å²) in [5.74, 6) is 0.342. The first kappa shape index (κ1) is 15.6. The molecule has 1 aromatic heterocycles. The van der Waals surface area contributed by atoms with Crippen LogP contribution in [0.5, 0.6) is 11.5 Å². The van der Waals surface area contributed by atoms with E-state index in [0.717, 1.165) is 0 Å². The van der Waals surface area contributed by atoms with E-state index >= 15 is 0 Å². The van der Waals surface area contributed by atoms with Crippen LogP contribution >= 0.6 is 28.6 Å². The molecule has 110 valence electrons. The van der Waals surface area contributed by atoms with Crippen LogP contribution in [0.4, 0.5) is 5.69 Å². The number of ether oxygens (including phenoxy) is 1. The molecule has 2 aromatic rings. The quantitative estimate of drug-likeness (QED) is 0.837. The molecule has 0 bridgehead atoms. The van der Waals surface area contributed by atoms with Gasteiger partial charge in [0, 0.05) is 11.8 Å². The van der Waals surface area contributed by atoms with Gasteiger partial charge in [-0.3, -0.25) is 9.78 Å². The number of rotatable bonds is 1. The van der Waals surface area contributed by atoms with Gasteiger partial charge in [-0.15, -0.1) is 17.0 Å². The molecule has 21 heavy (non-hydrogen) atoms.